The Balaban J connectivity index is 3.01. The normalized spacial score (nSPS) is 13.0. The van der Waals surface area contributed by atoms with Crippen molar-refractivity contribution in [1.82, 2.24) is 0 Å². The number of hydrogen-bond acceptors (Lipinski definition) is 3. The second kappa shape index (κ2) is 3.14. The molecule has 0 fully saturated rings. The first-order valence-corrected chi connectivity index (χ1v) is 4.46. The zero-order valence-electron chi connectivity index (χ0n) is 5.23. The Morgan fingerprint density at radius 3 is 2.90 bits per heavy atom. The topological polar surface area (TPSA) is 46.5 Å². The number of thiophene rings is 1. The van der Waals surface area contributed by atoms with Gasteiger partial charge in [-0.3, -0.25) is 0 Å². The van der Waals surface area contributed by atoms with E-state index in [1.54, 1.807) is 11.4 Å². The molecule has 0 saturated heterocycles. The molecule has 1 rings (SSSR count). The molecule has 1 N–H and O–H groups in total. The third-order valence-corrected chi connectivity index (χ3v) is 2.90. The van der Waals surface area contributed by atoms with E-state index in [2.05, 4.69) is 0 Å². The summed E-state index contributed by atoms with van der Waals surface area (Å²) >= 11 is -0.709. The molecule has 10 heavy (non-hydrogen) atoms. The maximum absolute atomic E-state index is 10.5. The van der Waals surface area contributed by atoms with Crippen molar-refractivity contribution >= 4 is 22.4 Å². The highest BCUT2D eigenvalue weighted by atomic mass is 32.2. The molecule has 0 aliphatic rings. The summed E-state index contributed by atoms with van der Waals surface area (Å²) in [5, 5.41) is 1.71. The van der Waals surface area contributed by atoms with E-state index in [0.29, 0.717) is 9.96 Å². The van der Waals surface area contributed by atoms with Crippen molar-refractivity contribution in [2.45, 2.75) is 4.21 Å². The van der Waals surface area contributed by atoms with Crippen molar-refractivity contribution in [2.24, 2.45) is 0 Å². The number of ether oxygens (including phenoxy) is 1. The Bertz CT molecular complexity index is 243. The van der Waals surface area contributed by atoms with Gasteiger partial charge in [0.25, 0.3) is 0 Å². The van der Waals surface area contributed by atoms with Gasteiger partial charge in [-0.15, -0.1) is 11.3 Å². The van der Waals surface area contributed by atoms with Crippen molar-refractivity contribution < 1.29 is 13.5 Å². The van der Waals surface area contributed by atoms with Crippen LogP contribution >= 0.6 is 11.3 Å². The van der Waals surface area contributed by atoms with Crippen LogP contribution in [-0.4, -0.2) is 15.9 Å². The van der Waals surface area contributed by atoms with Gasteiger partial charge in [0.1, 0.15) is 5.75 Å². The van der Waals surface area contributed by atoms with Gasteiger partial charge in [0, 0.05) is 0 Å². The fourth-order valence-corrected chi connectivity index (χ4v) is 1.96. The second-order valence-corrected chi connectivity index (χ2v) is 3.61. The van der Waals surface area contributed by atoms with Crippen LogP contribution in [0.2, 0.25) is 0 Å². The lowest BCUT2D eigenvalue weighted by Crippen LogP contribution is -1.88. The predicted molar refractivity (Wildman–Crippen MR) is 39.9 cm³/mol. The summed E-state index contributed by atoms with van der Waals surface area (Å²) in [5.74, 6) is 0.478. The van der Waals surface area contributed by atoms with Gasteiger partial charge in [0.2, 0.25) is 11.1 Å². The summed E-state index contributed by atoms with van der Waals surface area (Å²) in [6.07, 6.45) is 0. The molecule has 1 aromatic rings. The molecule has 0 aromatic carbocycles. The fourth-order valence-electron chi connectivity index (χ4n) is 0.562. The van der Waals surface area contributed by atoms with Crippen LogP contribution in [0.5, 0.6) is 5.75 Å². The van der Waals surface area contributed by atoms with Crippen LogP contribution < -0.4 is 4.74 Å². The first-order chi connectivity index (χ1) is 4.75. The minimum atomic E-state index is -1.92. The maximum Gasteiger partial charge on any atom is 0.200 e. The van der Waals surface area contributed by atoms with E-state index >= 15 is 0 Å². The molecule has 1 aromatic heterocycles. The van der Waals surface area contributed by atoms with E-state index in [9.17, 15) is 4.21 Å². The smallest absolute Gasteiger partial charge is 0.200 e. The highest BCUT2D eigenvalue weighted by Crippen LogP contribution is 2.26. The van der Waals surface area contributed by atoms with Crippen LogP contribution in [0.15, 0.2) is 15.7 Å². The summed E-state index contributed by atoms with van der Waals surface area (Å²) in [6.45, 7) is 0. The van der Waals surface area contributed by atoms with Crippen LogP contribution in [0, 0.1) is 0 Å². The van der Waals surface area contributed by atoms with Crippen molar-refractivity contribution in [3.05, 3.63) is 11.4 Å². The molecule has 0 aliphatic heterocycles. The average molecular weight is 178 g/mol. The van der Waals surface area contributed by atoms with Crippen molar-refractivity contribution in [2.75, 3.05) is 7.11 Å². The number of methoxy groups -OCH3 is 1. The van der Waals surface area contributed by atoms with Gasteiger partial charge in [-0.2, -0.15) is 0 Å². The minimum absolute atomic E-state index is 0.363. The molecule has 56 valence electrons. The fraction of sp³-hybridized carbons (Fsp3) is 0.200. The predicted octanol–water partition coefficient (Wildman–Crippen LogP) is 1.34. The Hall–Kier alpha value is -0.390. The Labute approximate surface area is 64.9 Å². The van der Waals surface area contributed by atoms with E-state index in [1.807, 2.05) is 0 Å². The maximum atomic E-state index is 10.5. The lowest BCUT2D eigenvalue weighted by atomic mass is 10.6. The van der Waals surface area contributed by atoms with Crippen LogP contribution in [0.3, 0.4) is 0 Å². The van der Waals surface area contributed by atoms with Gasteiger partial charge >= 0.3 is 0 Å². The molecule has 0 bridgehead atoms. The first kappa shape index (κ1) is 7.71. The Morgan fingerprint density at radius 2 is 2.50 bits per heavy atom. The molecule has 0 spiro atoms. The van der Waals surface area contributed by atoms with Gasteiger partial charge in [0.05, 0.1) is 7.11 Å². The monoisotopic (exact) mass is 178 g/mol. The summed E-state index contributed by atoms with van der Waals surface area (Å²) in [5.41, 5.74) is 0. The van der Waals surface area contributed by atoms with Crippen LogP contribution in [0.4, 0.5) is 0 Å². The SMILES string of the molecule is COc1ccsc1S(=O)O. The largest absolute Gasteiger partial charge is 0.494 e. The summed E-state index contributed by atoms with van der Waals surface area (Å²) in [6, 6.07) is 1.66. The Kier molecular flexibility index (Phi) is 2.42. The summed E-state index contributed by atoms with van der Waals surface area (Å²) in [4.78, 5) is 0. The Morgan fingerprint density at radius 1 is 1.80 bits per heavy atom. The zero-order chi connectivity index (χ0) is 7.56. The standard InChI is InChI=1S/C5H6O3S2/c1-8-4-2-3-9-5(4)10(6)7/h2-3H,1H3,(H,6,7). The minimum Gasteiger partial charge on any atom is -0.494 e. The highest BCUT2D eigenvalue weighted by molar-refractivity contribution is 7.81. The third-order valence-electron chi connectivity index (χ3n) is 0.974. The van der Waals surface area contributed by atoms with Crippen molar-refractivity contribution in [3.63, 3.8) is 0 Å². The number of rotatable bonds is 2. The molecule has 5 heteroatoms. The van der Waals surface area contributed by atoms with Crippen molar-refractivity contribution in [1.29, 1.82) is 0 Å². The van der Waals surface area contributed by atoms with Gasteiger partial charge in [0.15, 0.2) is 4.21 Å². The van der Waals surface area contributed by atoms with E-state index in [0.717, 1.165) is 0 Å². The van der Waals surface area contributed by atoms with Gasteiger partial charge in [-0.1, -0.05) is 0 Å². The molecule has 0 saturated carbocycles. The second-order valence-electron chi connectivity index (χ2n) is 1.53. The lowest BCUT2D eigenvalue weighted by molar-refractivity contribution is 0.406. The van der Waals surface area contributed by atoms with Crippen molar-refractivity contribution in [3.8, 4) is 5.75 Å². The van der Waals surface area contributed by atoms with Crippen LogP contribution in [-0.2, 0) is 11.1 Å². The zero-order valence-corrected chi connectivity index (χ0v) is 6.87. The molecule has 0 aliphatic carbocycles. The molecule has 0 amide bonds. The summed E-state index contributed by atoms with van der Waals surface area (Å²) in [7, 11) is 1.47. The van der Waals surface area contributed by atoms with E-state index in [-0.39, 0.29) is 0 Å². The van der Waals surface area contributed by atoms with Gasteiger partial charge in [-0.05, 0) is 11.4 Å². The van der Waals surface area contributed by atoms with E-state index < -0.39 is 11.1 Å². The summed E-state index contributed by atoms with van der Waals surface area (Å²) < 4.78 is 24.3. The van der Waals surface area contributed by atoms with Crippen LogP contribution in [0.25, 0.3) is 0 Å². The van der Waals surface area contributed by atoms with Crippen LogP contribution in [0.1, 0.15) is 0 Å². The van der Waals surface area contributed by atoms with Gasteiger partial charge in [-0.25, -0.2) is 4.21 Å². The molecule has 1 atom stereocenters. The lowest BCUT2D eigenvalue weighted by Gasteiger charge is -1.95. The van der Waals surface area contributed by atoms with Gasteiger partial charge < -0.3 is 9.29 Å². The quantitative estimate of drug-likeness (QED) is 0.695. The molecule has 3 nitrogen and oxygen atoms in total. The van der Waals surface area contributed by atoms with E-state index in [4.69, 9.17) is 9.29 Å². The highest BCUT2D eigenvalue weighted by Gasteiger charge is 2.08. The molecular weight excluding hydrogens is 172 g/mol. The average Bonchev–Trinajstić information content (AvgIpc) is 2.33. The third kappa shape index (κ3) is 1.36. The first-order valence-electron chi connectivity index (χ1n) is 2.48. The number of hydrogen-bond donors (Lipinski definition) is 1. The molecular formula is C5H6O3S2. The molecule has 1 heterocycles. The molecule has 1 unspecified atom stereocenters. The molecule has 0 radical (unpaired) electrons. The van der Waals surface area contributed by atoms with E-state index in [1.165, 1.54) is 18.4 Å².